The first-order valence-corrected chi connectivity index (χ1v) is 8.78. The Labute approximate surface area is 132 Å². The van der Waals surface area contributed by atoms with Crippen LogP contribution in [0.3, 0.4) is 0 Å². The predicted molar refractivity (Wildman–Crippen MR) is 88.4 cm³/mol. The smallest absolute Gasteiger partial charge is 0.306 e. The molecule has 0 spiro atoms. The van der Waals surface area contributed by atoms with Crippen molar-refractivity contribution in [3.05, 3.63) is 35.9 Å². The van der Waals surface area contributed by atoms with E-state index in [4.69, 9.17) is 4.74 Å². The maximum atomic E-state index is 11.4. The van der Waals surface area contributed by atoms with Crippen LogP contribution in [0.15, 0.2) is 30.3 Å². The van der Waals surface area contributed by atoms with Crippen LogP contribution in [0.25, 0.3) is 0 Å². The van der Waals surface area contributed by atoms with Gasteiger partial charge in [-0.3, -0.25) is 9.69 Å². The number of carbonyl (C=O) groups is 1. The normalized spacial score (nSPS) is 16.5. The molecule has 1 aliphatic carbocycles. The van der Waals surface area contributed by atoms with Gasteiger partial charge in [-0.1, -0.05) is 36.8 Å². The highest BCUT2D eigenvalue weighted by molar-refractivity contribution is 8.00. The van der Waals surface area contributed by atoms with E-state index in [-0.39, 0.29) is 5.97 Å². The molecule has 0 aromatic heterocycles. The SMILES string of the molecule is COC(=O)CCN(Cc1ccccc1)CC1(SC)CCC1. The second-order valence-corrected chi connectivity index (χ2v) is 7.04. The third kappa shape index (κ3) is 4.75. The molecule has 1 aromatic carbocycles. The number of nitrogens with zero attached hydrogens (tertiary/aromatic N) is 1. The van der Waals surface area contributed by atoms with Gasteiger partial charge in [0.1, 0.15) is 0 Å². The minimum absolute atomic E-state index is 0.125. The summed E-state index contributed by atoms with van der Waals surface area (Å²) in [6.45, 7) is 2.73. The van der Waals surface area contributed by atoms with Gasteiger partial charge < -0.3 is 4.74 Å². The molecular formula is C17H25NO2S. The molecule has 0 bridgehead atoms. The largest absolute Gasteiger partial charge is 0.469 e. The summed E-state index contributed by atoms with van der Waals surface area (Å²) in [5, 5.41) is 0. The molecular weight excluding hydrogens is 282 g/mol. The van der Waals surface area contributed by atoms with Crippen molar-refractivity contribution in [1.29, 1.82) is 0 Å². The summed E-state index contributed by atoms with van der Waals surface area (Å²) in [6.07, 6.45) is 6.58. The molecule has 1 aromatic rings. The predicted octanol–water partition coefficient (Wildman–Crippen LogP) is 3.34. The minimum Gasteiger partial charge on any atom is -0.469 e. The van der Waals surface area contributed by atoms with Crippen LogP contribution in [0, 0.1) is 0 Å². The maximum Gasteiger partial charge on any atom is 0.306 e. The van der Waals surface area contributed by atoms with E-state index in [0.29, 0.717) is 11.2 Å². The summed E-state index contributed by atoms with van der Waals surface area (Å²) in [7, 11) is 1.46. The first-order valence-electron chi connectivity index (χ1n) is 7.56. The van der Waals surface area contributed by atoms with Crippen molar-refractivity contribution in [3.63, 3.8) is 0 Å². The number of benzene rings is 1. The van der Waals surface area contributed by atoms with Gasteiger partial charge >= 0.3 is 5.97 Å². The molecule has 1 aliphatic rings. The van der Waals surface area contributed by atoms with Gasteiger partial charge in [0.15, 0.2) is 0 Å². The highest BCUT2D eigenvalue weighted by Crippen LogP contribution is 2.43. The number of carbonyl (C=O) groups excluding carboxylic acids is 1. The molecule has 21 heavy (non-hydrogen) atoms. The molecule has 1 saturated carbocycles. The summed E-state index contributed by atoms with van der Waals surface area (Å²) in [6, 6.07) is 10.5. The molecule has 0 N–H and O–H groups in total. The van der Waals surface area contributed by atoms with Crippen LogP contribution in [0.4, 0.5) is 0 Å². The van der Waals surface area contributed by atoms with E-state index in [9.17, 15) is 4.79 Å². The van der Waals surface area contributed by atoms with E-state index in [0.717, 1.165) is 19.6 Å². The topological polar surface area (TPSA) is 29.5 Å². The van der Waals surface area contributed by atoms with Crippen molar-refractivity contribution < 1.29 is 9.53 Å². The van der Waals surface area contributed by atoms with Gasteiger partial charge in [-0.05, 0) is 24.7 Å². The van der Waals surface area contributed by atoms with Crippen LogP contribution in [0.1, 0.15) is 31.2 Å². The average molecular weight is 307 g/mol. The monoisotopic (exact) mass is 307 g/mol. The lowest BCUT2D eigenvalue weighted by Crippen LogP contribution is -2.45. The molecule has 2 rings (SSSR count). The Morgan fingerprint density at radius 3 is 2.57 bits per heavy atom. The second kappa shape index (κ2) is 7.85. The summed E-state index contributed by atoms with van der Waals surface area (Å²) in [5.41, 5.74) is 1.30. The highest BCUT2D eigenvalue weighted by atomic mass is 32.2. The van der Waals surface area contributed by atoms with Crippen LogP contribution in [-0.2, 0) is 16.1 Å². The fourth-order valence-corrected chi connectivity index (χ4v) is 3.82. The van der Waals surface area contributed by atoms with Crippen LogP contribution in [0.2, 0.25) is 0 Å². The molecule has 1 fully saturated rings. The van der Waals surface area contributed by atoms with E-state index in [1.807, 2.05) is 17.8 Å². The number of thioether (sulfide) groups is 1. The fourth-order valence-electron chi connectivity index (χ4n) is 2.81. The Morgan fingerprint density at radius 1 is 1.33 bits per heavy atom. The molecule has 116 valence electrons. The Bertz CT molecular complexity index is 440. The second-order valence-electron chi connectivity index (χ2n) is 5.76. The van der Waals surface area contributed by atoms with Crippen LogP contribution in [-0.4, -0.2) is 42.1 Å². The van der Waals surface area contributed by atoms with Gasteiger partial charge in [0, 0.05) is 24.4 Å². The van der Waals surface area contributed by atoms with Crippen LogP contribution in [0.5, 0.6) is 0 Å². The van der Waals surface area contributed by atoms with Gasteiger partial charge in [-0.25, -0.2) is 0 Å². The highest BCUT2D eigenvalue weighted by Gasteiger charge is 2.37. The first-order chi connectivity index (χ1) is 10.2. The molecule has 4 heteroatoms. The van der Waals surface area contributed by atoms with Crippen molar-refractivity contribution >= 4 is 17.7 Å². The quantitative estimate of drug-likeness (QED) is 0.689. The van der Waals surface area contributed by atoms with Crippen LogP contribution >= 0.6 is 11.8 Å². The number of ether oxygens (including phenoxy) is 1. The van der Waals surface area contributed by atoms with Gasteiger partial charge in [-0.2, -0.15) is 11.8 Å². The van der Waals surface area contributed by atoms with Gasteiger partial charge in [0.2, 0.25) is 0 Å². The summed E-state index contributed by atoms with van der Waals surface area (Å²) < 4.78 is 5.17. The number of rotatable bonds is 8. The van der Waals surface area contributed by atoms with E-state index in [1.54, 1.807) is 0 Å². The molecule has 0 saturated heterocycles. The van der Waals surface area contributed by atoms with Crippen molar-refractivity contribution in [3.8, 4) is 0 Å². The van der Waals surface area contributed by atoms with Crippen molar-refractivity contribution in [2.45, 2.75) is 37.0 Å². The third-order valence-corrected chi connectivity index (χ3v) is 5.72. The minimum atomic E-state index is -0.125. The van der Waals surface area contributed by atoms with E-state index in [1.165, 1.54) is 31.9 Å². The number of hydrogen-bond donors (Lipinski definition) is 0. The lowest BCUT2D eigenvalue weighted by Gasteiger charge is -2.44. The summed E-state index contributed by atoms with van der Waals surface area (Å²) >= 11 is 1.98. The Balaban J connectivity index is 1.97. The van der Waals surface area contributed by atoms with Gasteiger partial charge in [-0.15, -0.1) is 0 Å². The number of hydrogen-bond acceptors (Lipinski definition) is 4. The van der Waals surface area contributed by atoms with Crippen molar-refractivity contribution in [2.75, 3.05) is 26.5 Å². The molecule has 0 atom stereocenters. The van der Waals surface area contributed by atoms with E-state index in [2.05, 4.69) is 35.4 Å². The lowest BCUT2D eigenvalue weighted by atomic mass is 9.83. The molecule has 0 heterocycles. The molecule has 0 unspecified atom stereocenters. The third-order valence-electron chi connectivity index (χ3n) is 4.32. The zero-order chi connectivity index (χ0) is 15.1. The zero-order valence-corrected chi connectivity index (χ0v) is 13.8. The average Bonchev–Trinajstić information content (AvgIpc) is 2.48. The van der Waals surface area contributed by atoms with Crippen LogP contribution < -0.4 is 0 Å². The summed E-state index contributed by atoms with van der Waals surface area (Å²) in [4.78, 5) is 13.8. The molecule has 0 amide bonds. The lowest BCUT2D eigenvalue weighted by molar-refractivity contribution is -0.141. The number of methoxy groups -OCH3 is 1. The van der Waals surface area contributed by atoms with E-state index < -0.39 is 0 Å². The fraction of sp³-hybridized carbons (Fsp3) is 0.588. The Hall–Kier alpha value is -1.00. The molecule has 0 radical (unpaired) electrons. The summed E-state index contributed by atoms with van der Waals surface area (Å²) in [5.74, 6) is -0.125. The van der Waals surface area contributed by atoms with Crippen molar-refractivity contribution in [2.24, 2.45) is 0 Å². The number of esters is 1. The standard InChI is InChI=1S/C17H25NO2S/c1-20-16(19)9-12-18(13-15-7-4-3-5-8-15)14-17(21-2)10-6-11-17/h3-5,7-8H,6,9-14H2,1-2H3. The molecule has 3 nitrogen and oxygen atoms in total. The first kappa shape index (κ1) is 16.4. The Kier molecular flexibility index (Phi) is 6.12. The maximum absolute atomic E-state index is 11.4. The zero-order valence-electron chi connectivity index (χ0n) is 13.0. The van der Waals surface area contributed by atoms with E-state index >= 15 is 0 Å². The van der Waals surface area contributed by atoms with Crippen molar-refractivity contribution in [1.82, 2.24) is 4.90 Å². The van der Waals surface area contributed by atoms with Gasteiger partial charge in [0.05, 0.1) is 13.5 Å². The van der Waals surface area contributed by atoms with Gasteiger partial charge in [0.25, 0.3) is 0 Å². The molecule has 0 aliphatic heterocycles. The Morgan fingerprint density at radius 2 is 2.05 bits per heavy atom.